The highest BCUT2D eigenvalue weighted by Gasteiger charge is 2.16. The summed E-state index contributed by atoms with van der Waals surface area (Å²) in [5.74, 6) is 0. The average Bonchev–Trinajstić information content (AvgIpc) is 2.46. The Morgan fingerprint density at radius 3 is 2.92 bits per heavy atom. The monoisotopic (exact) mass is 180 g/mol. The molecule has 0 aliphatic carbocycles. The first kappa shape index (κ1) is 7.66. The summed E-state index contributed by atoms with van der Waals surface area (Å²) in [4.78, 5) is 8.19. The van der Waals surface area contributed by atoms with Crippen LogP contribution >= 0.6 is 11.3 Å². The zero-order valence-electron chi connectivity index (χ0n) is 6.01. The molecule has 0 aliphatic heterocycles. The molecule has 4 nitrogen and oxygen atoms in total. The summed E-state index contributed by atoms with van der Waals surface area (Å²) >= 11 is 1.23. The summed E-state index contributed by atoms with van der Waals surface area (Å²) in [5.41, 5.74) is 0.748. The van der Waals surface area contributed by atoms with Crippen LogP contribution in [0.15, 0.2) is 18.5 Å². The van der Waals surface area contributed by atoms with Crippen LogP contribution in [0.1, 0.15) is 0 Å². The SMILES string of the molecule is OB(O)c1nc2ccncc2s1. The lowest BCUT2D eigenvalue weighted by Crippen LogP contribution is -2.28. The summed E-state index contributed by atoms with van der Waals surface area (Å²) in [7, 11) is -1.48. The van der Waals surface area contributed by atoms with Crippen molar-refractivity contribution in [2.24, 2.45) is 0 Å². The predicted octanol–water partition coefficient (Wildman–Crippen LogP) is -0.629. The molecular weight excluding hydrogens is 175 g/mol. The van der Waals surface area contributed by atoms with Crippen molar-refractivity contribution >= 4 is 33.6 Å². The quantitative estimate of drug-likeness (QED) is 0.573. The molecule has 60 valence electrons. The van der Waals surface area contributed by atoms with Crippen molar-refractivity contribution in [2.45, 2.75) is 0 Å². The van der Waals surface area contributed by atoms with Crippen molar-refractivity contribution in [1.29, 1.82) is 0 Å². The molecule has 12 heavy (non-hydrogen) atoms. The van der Waals surface area contributed by atoms with Gasteiger partial charge in [0.15, 0.2) is 0 Å². The van der Waals surface area contributed by atoms with Crippen LogP contribution < -0.4 is 4.91 Å². The van der Waals surface area contributed by atoms with Crippen LogP contribution in [-0.4, -0.2) is 27.1 Å². The molecule has 0 saturated heterocycles. The Morgan fingerprint density at radius 1 is 1.42 bits per heavy atom. The molecule has 2 heterocycles. The Morgan fingerprint density at radius 2 is 2.25 bits per heavy atom. The summed E-state index contributed by atoms with van der Waals surface area (Å²) in [6, 6.07) is 1.73. The van der Waals surface area contributed by atoms with Crippen molar-refractivity contribution in [3.63, 3.8) is 0 Å². The molecule has 2 N–H and O–H groups in total. The van der Waals surface area contributed by atoms with Gasteiger partial charge in [-0.3, -0.25) is 4.98 Å². The standard InChI is InChI=1S/C6H5BN2O2S/c10-7(11)6-9-4-1-2-8-3-5(4)12-6/h1-3,10-11H. The molecule has 0 saturated carbocycles. The average molecular weight is 180 g/mol. The van der Waals surface area contributed by atoms with Crippen LogP contribution in [0.4, 0.5) is 0 Å². The lowest BCUT2D eigenvalue weighted by molar-refractivity contribution is 0.425. The van der Waals surface area contributed by atoms with Gasteiger partial charge >= 0.3 is 7.12 Å². The fourth-order valence-electron chi connectivity index (χ4n) is 0.908. The third-order valence-corrected chi connectivity index (χ3v) is 2.47. The van der Waals surface area contributed by atoms with Gasteiger partial charge in [-0.05, 0) is 6.07 Å². The zero-order valence-corrected chi connectivity index (χ0v) is 6.82. The minimum absolute atomic E-state index is 0.304. The number of nitrogens with zero attached hydrogens (tertiary/aromatic N) is 2. The molecule has 0 amide bonds. The van der Waals surface area contributed by atoms with E-state index in [2.05, 4.69) is 9.97 Å². The highest BCUT2D eigenvalue weighted by atomic mass is 32.1. The minimum atomic E-state index is -1.48. The van der Waals surface area contributed by atoms with E-state index in [0.29, 0.717) is 4.91 Å². The Bertz CT molecular complexity index is 370. The molecule has 2 rings (SSSR count). The number of fused-ring (bicyclic) bond motifs is 1. The Labute approximate surface area is 72.7 Å². The molecule has 0 radical (unpaired) electrons. The van der Waals surface area contributed by atoms with Gasteiger partial charge in [0.05, 0.1) is 10.2 Å². The van der Waals surface area contributed by atoms with E-state index >= 15 is 0 Å². The third-order valence-electron chi connectivity index (χ3n) is 1.43. The summed E-state index contributed by atoms with van der Waals surface area (Å²) < 4.78 is 0.862. The smallest absolute Gasteiger partial charge is 0.422 e. The van der Waals surface area contributed by atoms with E-state index in [1.165, 1.54) is 11.3 Å². The van der Waals surface area contributed by atoms with Crippen molar-refractivity contribution < 1.29 is 10.0 Å². The highest BCUT2D eigenvalue weighted by molar-refractivity contribution is 7.27. The van der Waals surface area contributed by atoms with Gasteiger partial charge in [-0.1, -0.05) is 0 Å². The van der Waals surface area contributed by atoms with Gasteiger partial charge in [-0.2, -0.15) is 0 Å². The maximum Gasteiger partial charge on any atom is 0.519 e. The van der Waals surface area contributed by atoms with Crippen molar-refractivity contribution in [2.75, 3.05) is 0 Å². The first-order valence-electron chi connectivity index (χ1n) is 3.34. The fourth-order valence-corrected chi connectivity index (χ4v) is 1.71. The molecule has 0 aromatic carbocycles. The molecule has 6 heteroatoms. The number of hydrogen-bond donors (Lipinski definition) is 2. The predicted molar refractivity (Wildman–Crippen MR) is 47.2 cm³/mol. The lowest BCUT2D eigenvalue weighted by atomic mass is 9.94. The van der Waals surface area contributed by atoms with E-state index in [1.807, 2.05) is 0 Å². The number of hydrogen-bond acceptors (Lipinski definition) is 5. The molecule has 0 spiro atoms. The molecule has 0 bridgehead atoms. The highest BCUT2D eigenvalue weighted by Crippen LogP contribution is 2.13. The zero-order chi connectivity index (χ0) is 8.55. The van der Waals surface area contributed by atoms with Gasteiger partial charge in [0, 0.05) is 12.4 Å². The van der Waals surface area contributed by atoms with Crippen LogP contribution in [0.3, 0.4) is 0 Å². The number of thiazole rings is 1. The third kappa shape index (κ3) is 1.20. The molecule has 0 atom stereocenters. The van der Waals surface area contributed by atoms with Gasteiger partial charge in [-0.25, -0.2) is 4.98 Å². The van der Waals surface area contributed by atoms with Gasteiger partial charge in [0.2, 0.25) is 0 Å². The lowest BCUT2D eigenvalue weighted by Gasteiger charge is -1.86. The molecule has 0 unspecified atom stereocenters. The van der Waals surface area contributed by atoms with Crippen LogP contribution in [0.25, 0.3) is 10.2 Å². The Kier molecular flexibility index (Phi) is 1.80. The normalized spacial score (nSPS) is 10.5. The minimum Gasteiger partial charge on any atom is -0.422 e. The molecule has 2 aromatic rings. The molecule has 0 aliphatic rings. The first-order valence-corrected chi connectivity index (χ1v) is 4.15. The second-order valence-corrected chi connectivity index (χ2v) is 3.33. The van der Waals surface area contributed by atoms with Crippen LogP contribution in [0, 0.1) is 0 Å². The van der Waals surface area contributed by atoms with E-state index < -0.39 is 7.12 Å². The van der Waals surface area contributed by atoms with Crippen molar-refractivity contribution in [1.82, 2.24) is 9.97 Å². The summed E-state index contributed by atoms with van der Waals surface area (Å²) in [5, 5.41) is 17.6. The second kappa shape index (κ2) is 2.82. The second-order valence-electron chi connectivity index (χ2n) is 2.27. The topological polar surface area (TPSA) is 66.2 Å². The van der Waals surface area contributed by atoms with Crippen LogP contribution in [-0.2, 0) is 0 Å². The Hall–Kier alpha value is -0.975. The number of rotatable bonds is 1. The van der Waals surface area contributed by atoms with E-state index in [0.717, 1.165) is 10.2 Å². The van der Waals surface area contributed by atoms with Gasteiger partial charge in [-0.15, -0.1) is 11.3 Å². The molecule has 2 aromatic heterocycles. The van der Waals surface area contributed by atoms with E-state index in [-0.39, 0.29) is 0 Å². The first-order chi connectivity index (χ1) is 5.77. The number of pyridine rings is 1. The van der Waals surface area contributed by atoms with Crippen LogP contribution in [0.2, 0.25) is 0 Å². The van der Waals surface area contributed by atoms with E-state index in [9.17, 15) is 0 Å². The molecule has 0 fully saturated rings. The van der Waals surface area contributed by atoms with Crippen molar-refractivity contribution in [3.8, 4) is 0 Å². The van der Waals surface area contributed by atoms with Crippen LogP contribution in [0.5, 0.6) is 0 Å². The maximum absolute atomic E-state index is 8.81. The van der Waals surface area contributed by atoms with Gasteiger partial charge < -0.3 is 10.0 Å². The molecular formula is C6H5BN2O2S. The van der Waals surface area contributed by atoms with Gasteiger partial charge in [0.25, 0.3) is 0 Å². The summed E-state index contributed by atoms with van der Waals surface area (Å²) in [6.45, 7) is 0. The maximum atomic E-state index is 8.81. The Balaban J connectivity index is 2.62. The van der Waals surface area contributed by atoms with Crippen molar-refractivity contribution in [3.05, 3.63) is 18.5 Å². The van der Waals surface area contributed by atoms with Gasteiger partial charge in [0.1, 0.15) is 4.91 Å². The fraction of sp³-hybridized carbons (Fsp3) is 0. The largest absolute Gasteiger partial charge is 0.519 e. The van der Waals surface area contributed by atoms with E-state index in [4.69, 9.17) is 10.0 Å². The summed E-state index contributed by atoms with van der Waals surface area (Å²) in [6.07, 6.45) is 3.27. The number of aromatic nitrogens is 2. The van der Waals surface area contributed by atoms with E-state index in [1.54, 1.807) is 18.5 Å².